The maximum absolute atomic E-state index is 12.8. The lowest BCUT2D eigenvalue weighted by Crippen LogP contribution is -2.37. The molecule has 0 radical (unpaired) electrons. The molecule has 10 heteroatoms. The topological polar surface area (TPSA) is 105 Å². The maximum atomic E-state index is 12.8. The number of nitrogens with one attached hydrogen (secondary N) is 1. The third kappa shape index (κ3) is 5.63. The minimum absolute atomic E-state index is 0.00475. The summed E-state index contributed by atoms with van der Waals surface area (Å²) in [5.74, 6) is 0.471. The summed E-state index contributed by atoms with van der Waals surface area (Å²) in [7, 11) is -3.56. The Morgan fingerprint density at radius 1 is 1.09 bits per heavy atom. The molecule has 1 aliphatic rings. The number of anilines is 1. The molecule has 1 aliphatic heterocycles. The molecule has 1 N–H and O–H groups in total. The van der Waals surface area contributed by atoms with Crippen molar-refractivity contribution < 1.29 is 17.6 Å². The van der Waals surface area contributed by atoms with Crippen molar-refractivity contribution in [2.24, 2.45) is 5.92 Å². The average Bonchev–Trinajstić information content (AvgIpc) is 3.26. The molecule has 0 unspecified atom stereocenters. The number of nitrogens with zero attached hydrogens (tertiary/aromatic N) is 3. The number of amides is 1. The van der Waals surface area contributed by atoms with Crippen LogP contribution in [0.4, 0.5) is 6.01 Å². The summed E-state index contributed by atoms with van der Waals surface area (Å²) in [6, 6.07) is 13.9. The van der Waals surface area contributed by atoms with Crippen LogP contribution >= 0.6 is 11.8 Å². The number of hydrogen-bond acceptors (Lipinski definition) is 7. The summed E-state index contributed by atoms with van der Waals surface area (Å²) in [5.41, 5.74) is 1.32. The van der Waals surface area contributed by atoms with Crippen molar-refractivity contribution in [1.82, 2.24) is 14.5 Å². The van der Waals surface area contributed by atoms with Crippen molar-refractivity contribution in [2.45, 2.75) is 36.0 Å². The lowest BCUT2D eigenvalue weighted by Gasteiger charge is -2.29. The van der Waals surface area contributed by atoms with Crippen LogP contribution in [0.3, 0.4) is 0 Å². The predicted octanol–water partition coefficient (Wildman–Crippen LogP) is 4.06. The summed E-state index contributed by atoms with van der Waals surface area (Å²) in [4.78, 5) is 13.9. The second-order valence-electron chi connectivity index (χ2n) is 8.09. The van der Waals surface area contributed by atoms with Gasteiger partial charge >= 0.3 is 6.01 Å². The average molecular weight is 487 g/mol. The molecule has 0 bridgehead atoms. The van der Waals surface area contributed by atoms with Gasteiger partial charge in [0.25, 0.3) is 5.91 Å². The van der Waals surface area contributed by atoms with Crippen molar-refractivity contribution in [3.05, 3.63) is 65.5 Å². The zero-order chi connectivity index (χ0) is 23.4. The van der Waals surface area contributed by atoms with Crippen molar-refractivity contribution in [2.75, 3.05) is 24.7 Å². The van der Waals surface area contributed by atoms with Gasteiger partial charge in [0.1, 0.15) is 0 Å². The molecule has 1 aromatic heterocycles. The van der Waals surface area contributed by atoms with E-state index in [-0.39, 0.29) is 10.9 Å². The Morgan fingerprint density at radius 3 is 2.39 bits per heavy atom. The van der Waals surface area contributed by atoms with E-state index in [4.69, 9.17) is 4.42 Å². The number of benzene rings is 2. The number of thioether (sulfide) groups is 1. The van der Waals surface area contributed by atoms with Gasteiger partial charge in [0, 0.05) is 23.5 Å². The number of aromatic nitrogens is 2. The Bertz CT molecular complexity index is 1200. The van der Waals surface area contributed by atoms with Crippen molar-refractivity contribution in [3.8, 4) is 0 Å². The van der Waals surface area contributed by atoms with Crippen LogP contribution in [-0.4, -0.2) is 48.2 Å². The van der Waals surface area contributed by atoms with E-state index in [1.165, 1.54) is 33.5 Å². The van der Waals surface area contributed by atoms with Gasteiger partial charge in [-0.3, -0.25) is 10.1 Å². The smallest absolute Gasteiger partial charge is 0.322 e. The molecule has 4 rings (SSSR count). The van der Waals surface area contributed by atoms with Crippen molar-refractivity contribution in [3.63, 3.8) is 0 Å². The first-order valence-electron chi connectivity index (χ1n) is 10.7. The number of rotatable bonds is 7. The van der Waals surface area contributed by atoms with Crippen LogP contribution in [0.15, 0.2) is 62.7 Å². The second-order valence-corrected chi connectivity index (χ2v) is 10.9. The van der Waals surface area contributed by atoms with Crippen LogP contribution in [0.2, 0.25) is 0 Å². The first kappa shape index (κ1) is 23.5. The standard InChI is InChI=1S/C23H26N4O4S2/c1-16-11-13-27(14-12-16)33(29,30)20-9-5-18(6-10-20)22(28)24-23-26-25-21(31-23)15-17-3-7-19(32-2)8-4-17/h3-10,16H,11-15H2,1-2H3,(H,24,26,28). The number of hydrogen-bond donors (Lipinski definition) is 1. The fraction of sp³-hybridized carbons (Fsp3) is 0.348. The maximum Gasteiger partial charge on any atom is 0.322 e. The van der Waals surface area contributed by atoms with E-state index in [0.29, 0.717) is 36.9 Å². The van der Waals surface area contributed by atoms with Gasteiger partial charge in [0.15, 0.2) is 0 Å². The van der Waals surface area contributed by atoms with Crippen LogP contribution in [0.25, 0.3) is 0 Å². The van der Waals surface area contributed by atoms with Gasteiger partial charge < -0.3 is 4.42 Å². The van der Waals surface area contributed by atoms with Gasteiger partial charge in [-0.2, -0.15) is 4.31 Å². The number of sulfonamides is 1. The molecule has 1 amide bonds. The van der Waals surface area contributed by atoms with Crippen molar-refractivity contribution in [1.29, 1.82) is 0 Å². The van der Waals surface area contributed by atoms with Crippen molar-refractivity contribution >= 4 is 33.7 Å². The summed E-state index contributed by atoms with van der Waals surface area (Å²) in [6.07, 6.45) is 4.19. The normalized spacial score (nSPS) is 15.5. The van der Waals surface area contributed by atoms with Gasteiger partial charge in [-0.15, -0.1) is 16.9 Å². The highest BCUT2D eigenvalue weighted by atomic mass is 32.2. The Kier molecular flexibility index (Phi) is 7.16. The van der Waals surface area contributed by atoms with Crippen LogP contribution in [0.1, 0.15) is 41.6 Å². The molecule has 0 spiro atoms. The molecule has 1 fully saturated rings. The number of piperidine rings is 1. The van der Waals surface area contributed by atoms with Gasteiger partial charge in [-0.25, -0.2) is 8.42 Å². The van der Waals surface area contributed by atoms with E-state index < -0.39 is 15.9 Å². The summed E-state index contributed by atoms with van der Waals surface area (Å²) < 4.78 is 32.7. The second kappa shape index (κ2) is 10.1. The Morgan fingerprint density at radius 2 is 1.76 bits per heavy atom. The SMILES string of the molecule is CSc1ccc(Cc2nnc(NC(=O)c3ccc(S(=O)(=O)N4CCC(C)CC4)cc3)o2)cc1. The predicted molar refractivity (Wildman–Crippen MR) is 127 cm³/mol. The first-order chi connectivity index (χ1) is 15.8. The summed E-state index contributed by atoms with van der Waals surface area (Å²) in [5, 5.41) is 10.4. The first-order valence-corrected chi connectivity index (χ1v) is 13.4. The van der Waals surface area contributed by atoms with E-state index in [2.05, 4.69) is 22.4 Å². The molecule has 1 saturated heterocycles. The largest absolute Gasteiger partial charge is 0.407 e. The third-order valence-electron chi connectivity index (χ3n) is 5.70. The lowest BCUT2D eigenvalue weighted by molar-refractivity contribution is 0.102. The minimum atomic E-state index is -3.56. The van der Waals surface area contributed by atoms with Gasteiger partial charge in [0.2, 0.25) is 15.9 Å². The lowest BCUT2D eigenvalue weighted by atomic mass is 10.0. The number of carbonyl (C=O) groups is 1. The molecule has 174 valence electrons. The van der Waals surface area contributed by atoms with Crippen LogP contribution < -0.4 is 5.32 Å². The van der Waals surface area contributed by atoms with Crippen LogP contribution in [0, 0.1) is 5.92 Å². The fourth-order valence-corrected chi connectivity index (χ4v) is 5.49. The van der Waals surface area contributed by atoms with E-state index in [1.54, 1.807) is 11.8 Å². The summed E-state index contributed by atoms with van der Waals surface area (Å²) in [6.45, 7) is 3.17. The quantitative estimate of drug-likeness (QED) is 0.502. The molecule has 8 nitrogen and oxygen atoms in total. The Balaban J connectivity index is 1.38. The molecule has 2 heterocycles. The molecular formula is C23H26N4O4S2. The zero-order valence-corrected chi connectivity index (χ0v) is 20.2. The Labute approximate surface area is 197 Å². The monoisotopic (exact) mass is 486 g/mol. The molecule has 0 atom stereocenters. The van der Waals surface area contributed by atoms with Gasteiger partial charge in [-0.1, -0.05) is 24.2 Å². The third-order valence-corrected chi connectivity index (χ3v) is 8.36. The van der Waals surface area contributed by atoms with Gasteiger partial charge in [-0.05, 0) is 67.0 Å². The fourth-order valence-electron chi connectivity index (χ4n) is 3.62. The summed E-state index contributed by atoms with van der Waals surface area (Å²) >= 11 is 1.67. The van der Waals surface area contributed by atoms with E-state index in [1.807, 2.05) is 30.5 Å². The van der Waals surface area contributed by atoms with E-state index >= 15 is 0 Å². The van der Waals surface area contributed by atoms with Gasteiger partial charge in [0.05, 0.1) is 11.3 Å². The highest BCUT2D eigenvalue weighted by Crippen LogP contribution is 2.24. The minimum Gasteiger partial charge on any atom is -0.407 e. The van der Waals surface area contributed by atoms with E-state index in [9.17, 15) is 13.2 Å². The van der Waals surface area contributed by atoms with Crippen LogP contribution in [0.5, 0.6) is 0 Å². The molecule has 0 saturated carbocycles. The highest BCUT2D eigenvalue weighted by Gasteiger charge is 2.28. The van der Waals surface area contributed by atoms with Crippen LogP contribution in [-0.2, 0) is 16.4 Å². The molecule has 3 aromatic rings. The van der Waals surface area contributed by atoms with E-state index in [0.717, 1.165) is 18.4 Å². The highest BCUT2D eigenvalue weighted by molar-refractivity contribution is 7.98. The molecule has 33 heavy (non-hydrogen) atoms. The molecular weight excluding hydrogens is 460 g/mol. The number of carbonyl (C=O) groups excluding carboxylic acids is 1. The zero-order valence-electron chi connectivity index (χ0n) is 18.5. The molecule has 2 aromatic carbocycles. The molecule has 0 aliphatic carbocycles. The Hall–Kier alpha value is -2.69.